The molecule has 0 aliphatic rings. The van der Waals surface area contributed by atoms with Gasteiger partial charge in [-0.05, 0) is 18.6 Å². The number of amides is 4. The smallest absolute Gasteiger partial charge is 0.330 e. The number of carbonyl (C=O) groups excluding carboxylic acids is 2. The van der Waals surface area contributed by atoms with E-state index < -0.39 is 12.1 Å². The average Bonchev–Trinajstić information content (AvgIpc) is 2.20. The fourth-order valence-corrected chi connectivity index (χ4v) is 0.902. The first-order chi connectivity index (χ1) is 7.02. The SMILES string of the molecule is Cc1cccnc1NC(=O)N(C)C(N)=O. The number of hydrogen-bond acceptors (Lipinski definition) is 3. The number of pyridine rings is 1. The Hall–Kier alpha value is -2.11. The van der Waals surface area contributed by atoms with Crippen molar-refractivity contribution < 1.29 is 9.59 Å². The summed E-state index contributed by atoms with van der Waals surface area (Å²) in [5, 5.41) is 2.47. The van der Waals surface area contributed by atoms with Crippen molar-refractivity contribution in [2.24, 2.45) is 5.73 Å². The van der Waals surface area contributed by atoms with E-state index in [1.54, 1.807) is 25.3 Å². The van der Waals surface area contributed by atoms with Gasteiger partial charge in [0.15, 0.2) is 0 Å². The van der Waals surface area contributed by atoms with Crippen LogP contribution in [-0.4, -0.2) is 29.0 Å². The van der Waals surface area contributed by atoms with Gasteiger partial charge < -0.3 is 5.73 Å². The molecule has 6 nitrogen and oxygen atoms in total. The van der Waals surface area contributed by atoms with Gasteiger partial charge in [0, 0.05) is 13.2 Å². The van der Waals surface area contributed by atoms with Gasteiger partial charge in [-0.1, -0.05) is 6.07 Å². The Morgan fingerprint density at radius 3 is 2.73 bits per heavy atom. The van der Waals surface area contributed by atoms with E-state index in [2.05, 4.69) is 10.3 Å². The van der Waals surface area contributed by atoms with Crippen molar-refractivity contribution >= 4 is 17.9 Å². The number of rotatable bonds is 1. The second-order valence-electron chi connectivity index (χ2n) is 3.00. The molecule has 1 heterocycles. The van der Waals surface area contributed by atoms with E-state index in [9.17, 15) is 9.59 Å². The quantitative estimate of drug-likeness (QED) is 0.719. The molecule has 0 aliphatic carbocycles. The first-order valence-corrected chi connectivity index (χ1v) is 4.28. The zero-order chi connectivity index (χ0) is 11.4. The standard InChI is InChI=1S/C9H12N4O2/c1-6-4-3-5-11-7(6)12-9(15)13(2)8(10)14/h3-5H,1-2H3,(H2,10,14)(H,11,12,15). The third kappa shape index (κ3) is 2.67. The van der Waals surface area contributed by atoms with Crippen LogP contribution in [0.2, 0.25) is 0 Å². The maximum atomic E-state index is 11.4. The summed E-state index contributed by atoms with van der Waals surface area (Å²) in [5.41, 5.74) is 5.74. The molecule has 1 aromatic heterocycles. The number of nitrogens with zero attached hydrogens (tertiary/aromatic N) is 2. The largest absolute Gasteiger partial charge is 0.351 e. The molecule has 0 saturated carbocycles. The number of carbonyl (C=O) groups is 2. The van der Waals surface area contributed by atoms with Gasteiger partial charge in [0.2, 0.25) is 0 Å². The highest BCUT2D eigenvalue weighted by Gasteiger charge is 2.14. The normalized spacial score (nSPS) is 9.47. The minimum atomic E-state index is -0.818. The van der Waals surface area contributed by atoms with Crippen LogP contribution in [0.3, 0.4) is 0 Å². The van der Waals surface area contributed by atoms with Crippen LogP contribution in [0, 0.1) is 6.92 Å². The van der Waals surface area contributed by atoms with Gasteiger partial charge >= 0.3 is 12.1 Å². The number of hydrogen-bond donors (Lipinski definition) is 2. The number of primary amides is 1. The molecule has 0 atom stereocenters. The fraction of sp³-hybridized carbons (Fsp3) is 0.222. The molecule has 0 radical (unpaired) electrons. The number of nitrogens with one attached hydrogen (secondary N) is 1. The van der Waals surface area contributed by atoms with Crippen molar-refractivity contribution in [3.05, 3.63) is 23.9 Å². The van der Waals surface area contributed by atoms with Crippen molar-refractivity contribution in [1.82, 2.24) is 9.88 Å². The third-order valence-corrected chi connectivity index (χ3v) is 1.87. The van der Waals surface area contributed by atoms with Crippen molar-refractivity contribution in [2.75, 3.05) is 12.4 Å². The molecule has 15 heavy (non-hydrogen) atoms. The Balaban J connectivity index is 2.75. The number of aryl methyl sites for hydroxylation is 1. The van der Waals surface area contributed by atoms with Crippen molar-refractivity contribution in [2.45, 2.75) is 6.92 Å². The summed E-state index contributed by atoms with van der Waals surface area (Å²) >= 11 is 0. The van der Waals surface area contributed by atoms with Crippen molar-refractivity contribution in [1.29, 1.82) is 0 Å². The minimum Gasteiger partial charge on any atom is -0.351 e. The number of imide groups is 1. The van der Waals surface area contributed by atoms with Gasteiger partial charge in [0.25, 0.3) is 0 Å². The van der Waals surface area contributed by atoms with Crippen LogP contribution in [0.1, 0.15) is 5.56 Å². The summed E-state index contributed by atoms with van der Waals surface area (Å²) < 4.78 is 0. The molecule has 0 aromatic carbocycles. The Morgan fingerprint density at radius 1 is 1.53 bits per heavy atom. The molecule has 0 fully saturated rings. The molecule has 0 unspecified atom stereocenters. The highest BCUT2D eigenvalue weighted by molar-refractivity contribution is 5.99. The van der Waals surface area contributed by atoms with E-state index in [-0.39, 0.29) is 0 Å². The summed E-state index contributed by atoms with van der Waals surface area (Å²) in [6.45, 7) is 1.80. The molecule has 6 heteroatoms. The Kier molecular flexibility index (Phi) is 3.22. The maximum absolute atomic E-state index is 11.4. The molecule has 3 N–H and O–H groups in total. The summed E-state index contributed by atoms with van der Waals surface area (Å²) in [4.78, 5) is 26.8. The van der Waals surface area contributed by atoms with Crippen molar-refractivity contribution in [3.8, 4) is 0 Å². The van der Waals surface area contributed by atoms with E-state index in [0.717, 1.165) is 10.5 Å². The molecule has 80 valence electrons. The predicted molar refractivity (Wildman–Crippen MR) is 55.3 cm³/mol. The highest BCUT2D eigenvalue weighted by Crippen LogP contribution is 2.09. The first kappa shape index (κ1) is 11.0. The van der Waals surface area contributed by atoms with Crippen molar-refractivity contribution in [3.63, 3.8) is 0 Å². The van der Waals surface area contributed by atoms with E-state index in [4.69, 9.17) is 5.73 Å². The average molecular weight is 208 g/mol. The van der Waals surface area contributed by atoms with E-state index in [1.165, 1.54) is 7.05 Å². The van der Waals surface area contributed by atoms with E-state index in [1.807, 2.05) is 0 Å². The van der Waals surface area contributed by atoms with Gasteiger partial charge in [-0.25, -0.2) is 19.5 Å². The van der Waals surface area contributed by atoms with Gasteiger partial charge in [0.1, 0.15) is 5.82 Å². The van der Waals surface area contributed by atoms with Gasteiger partial charge in [-0.3, -0.25) is 5.32 Å². The van der Waals surface area contributed by atoms with Crippen LogP contribution in [0.25, 0.3) is 0 Å². The number of nitrogens with two attached hydrogens (primary N) is 1. The maximum Gasteiger partial charge on any atom is 0.330 e. The molecular weight excluding hydrogens is 196 g/mol. The number of urea groups is 2. The van der Waals surface area contributed by atoms with E-state index >= 15 is 0 Å². The summed E-state index contributed by atoms with van der Waals surface area (Å²) in [6.07, 6.45) is 1.55. The lowest BCUT2D eigenvalue weighted by Gasteiger charge is -2.13. The van der Waals surface area contributed by atoms with Crippen LogP contribution < -0.4 is 11.1 Å². The summed E-state index contributed by atoms with van der Waals surface area (Å²) in [6, 6.07) is 2.13. The zero-order valence-corrected chi connectivity index (χ0v) is 8.52. The lowest BCUT2D eigenvalue weighted by molar-refractivity contribution is 0.208. The van der Waals surface area contributed by atoms with Gasteiger partial charge in [0.05, 0.1) is 0 Å². The lowest BCUT2D eigenvalue weighted by atomic mass is 10.3. The summed E-state index contributed by atoms with van der Waals surface area (Å²) in [5.74, 6) is 0.413. The molecule has 1 aromatic rings. The first-order valence-electron chi connectivity index (χ1n) is 4.28. The third-order valence-electron chi connectivity index (χ3n) is 1.87. The number of anilines is 1. The molecule has 0 spiro atoms. The topological polar surface area (TPSA) is 88.3 Å². The Bertz CT molecular complexity index is 391. The zero-order valence-electron chi connectivity index (χ0n) is 8.52. The van der Waals surface area contributed by atoms with Gasteiger partial charge in [-0.2, -0.15) is 0 Å². The Labute approximate surface area is 87.1 Å². The molecule has 4 amide bonds. The van der Waals surface area contributed by atoms with Crippen LogP contribution in [-0.2, 0) is 0 Å². The molecule has 0 bridgehead atoms. The van der Waals surface area contributed by atoms with E-state index in [0.29, 0.717) is 5.82 Å². The van der Waals surface area contributed by atoms with Gasteiger partial charge in [-0.15, -0.1) is 0 Å². The van der Waals surface area contributed by atoms with Crippen LogP contribution in [0.5, 0.6) is 0 Å². The molecule has 0 aliphatic heterocycles. The molecular formula is C9H12N4O2. The predicted octanol–water partition coefficient (Wildman–Crippen LogP) is 0.932. The minimum absolute atomic E-state index is 0.413. The second kappa shape index (κ2) is 4.41. The van der Waals surface area contributed by atoms with Crippen LogP contribution in [0.4, 0.5) is 15.4 Å². The molecule has 0 saturated heterocycles. The lowest BCUT2D eigenvalue weighted by Crippen LogP contribution is -2.40. The highest BCUT2D eigenvalue weighted by atomic mass is 16.2. The summed E-state index contributed by atoms with van der Waals surface area (Å²) in [7, 11) is 1.29. The van der Waals surface area contributed by atoms with Crippen LogP contribution in [0.15, 0.2) is 18.3 Å². The van der Waals surface area contributed by atoms with Crippen LogP contribution >= 0.6 is 0 Å². The Morgan fingerprint density at radius 2 is 2.20 bits per heavy atom. The second-order valence-corrected chi connectivity index (χ2v) is 3.00. The monoisotopic (exact) mass is 208 g/mol. The molecule has 1 rings (SSSR count). The number of aromatic nitrogens is 1. The fourth-order valence-electron chi connectivity index (χ4n) is 0.902.